The fourth-order valence-corrected chi connectivity index (χ4v) is 3.86. The summed E-state index contributed by atoms with van der Waals surface area (Å²) in [6.45, 7) is 4.03. The van der Waals surface area contributed by atoms with Crippen LogP contribution < -0.4 is 4.74 Å². The zero-order valence-electron chi connectivity index (χ0n) is 13.1. The number of carbonyl (C=O) groups excluding carboxylic acids is 1. The van der Waals surface area contributed by atoms with Crippen LogP contribution in [0, 0.1) is 5.92 Å². The van der Waals surface area contributed by atoms with E-state index in [1.54, 1.807) is 7.11 Å². The van der Waals surface area contributed by atoms with Gasteiger partial charge in [0, 0.05) is 0 Å². The van der Waals surface area contributed by atoms with E-state index >= 15 is 0 Å². The first kappa shape index (κ1) is 14.4. The van der Waals surface area contributed by atoms with E-state index in [4.69, 9.17) is 14.2 Å². The average molecular weight is 290 g/mol. The third kappa shape index (κ3) is 1.75. The molecule has 3 rings (SSSR count). The highest BCUT2D eigenvalue weighted by molar-refractivity contribution is 5.86. The third-order valence-corrected chi connectivity index (χ3v) is 4.92. The van der Waals surface area contributed by atoms with Gasteiger partial charge in [-0.05, 0) is 48.4 Å². The van der Waals surface area contributed by atoms with Gasteiger partial charge in [-0.25, -0.2) is 4.79 Å². The number of esters is 1. The maximum absolute atomic E-state index is 12.4. The van der Waals surface area contributed by atoms with E-state index in [-0.39, 0.29) is 11.9 Å². The molecule has 1 saturated heterocycles. The van der Waals surface area contributed by atoms with Crippen molar-refractivity contribution in [3.63, 3.8) is 0 Å². The molecule has 1 aliphatic carbocycles. The number of carbonyl (C=O) groups is 1. The Morgan fingerprint density at radius 2 is 2.10 bits per heavy atom. The molecule has 2 aliphatic rings. The Morgan fingerprint density at radius 1 is 1.33 bits per heavy atom. The van der Waals surface area contributed by atoms with Crippen LogP contribution in [0.2, 0.25) is 0 Å². The highest BCUT2D eigenvalue weighted by Crippen LogP contribution is 2.65. The van der Waals surface area contributed by atoms with Crippen molar-refractivity contribution < 1.29 is 19.0 Å². The van der Waals surface area contributed by atoms with Gasteiger partial charge in [0.1, 0.15) is 11.4 Å². The fraction of sp³-hybridized carbons (Fsp3) is 0.588. The Morgan fingerprint density at radius 3 is 2.71 bits per heavy atom. The molecule has 0 amide bonds. The molecule has 1 spiro atoms. The van der Waals surface area contributed by atoms with Crippen LogP contribution in [-0.4, -0.2) is 25.8 Å². The summed E-state index contributed by atoms with van der Waals surface area (Å²) < 4.78 is 16.5. The Balaban J connectivity index is 2.12. The molecule has 1 aromatic rings. The predicted octanol–water partition coefficient (Wildman–Crippen LogP) is 2.82. The van der Waals surface area contributed by atoms with Gasteiger partial charge < -0.3 is 14.2 Å². The number of fused-ring (bicyclic) bond motifs is 2. The first-order valence-electron chi connectivity index (χ1n) is 7.48. The van der Waals surface area contributed by atoms with E-state index in [0.29, 0.717) is 0 Å². The minimum Gasteiger partial charge on any atom is -0.497 e. The summed E-state index contributed by atoms with van der Waals surface area (Å²) in [6, 6.07) is 6.07. The van der Waals surface area contributed by atoms with Crippen molar-refractivity contribution in [1.82, 2.24) is 0 Å². The van der Waals surface area contributed by atoms with Crippen LogP contribution in [0.4, 0.5) is 0 Å². The summed E-state index contributed by atoms with van der Waals surface area (Å²) in [5.74, 6) is 0.586. The van der Waals surface area contributed by atoms with Crippen LogP contribution in [0.3, 0.4) is 0 Å². The van der Waals surface area contributed by atoms with E-state index < -0.39 is 11.2 Å². The van der Waals surface area contributed by atoms with Crippen LogP contribution in [0.25, 0.3) is 0 Å². The molecular formula is C17H22O4. The lowest BCUT2D eigenvalue weighted by Gasteiger charge is -2.27. The Bertz CT molecular complexity index is 580. The van der Waals surface area contributed by atoms with Crippen LogP contribution in [-0.2, 0) is 26.3 Å². The van der Waals surface area contributed by atoms with E-state index in [0.717, 1.165) is 30.6 Å². The van der Waals surface area contributed by atoms with E-state index in [2.05, 4.69) is 6.07 Å². The molecule has 0 aromatic heterocycles. The van der Waals surface area contributed by atoms with Crippen molar-refractivity contribution in [1.29, 1.82) is 0 Å². The molecule has 2 unspecified atom stereocenters. The molecule has 114 valence electrons. The monoisotopic (exact) mass is 290 g/mol. The zero-order chi connectivity index (χ0) is 15.3. The quantitative estimate of drug-likeness (QED) is 0.634. The molecule has 2 atom stereocenters. The minimum absolute atomic E-state index is 0.0575. The molecule has 0 bridgehead atoms. The number of benzene rings is 1. The number of methoxy groups -OCH3 is 2. The second kappa shape index (κ2) is 4.73. The molecule has 0 saturated carbocycles. The smallest absolute Gasteiger partial charge is 0.341 e. The number of aryl methyl sites for hydroxylation is 1. The first-order chi connectivity index (χ1) is 10.0. The molecule has 0 N–H and O–H groups in total. The summed E-state index contributed by atoms with van der Waals surface area (Å²) in [6.07, 6.45) is 2.88. The topological polar surface area (TPSA) is 48.1 Å². The molecule has 1 aliphatic heterocycles. The molecule has 21 heavy (non-hydrogen) atoms. The summed E-state index contributed by atoms with van der Waals surface area (Å²) in [4.78, 5) is 12.4. The van der Waals surface area contributed by atoms with Crippen LogP contribution in [0.1, 0.15) is 37.8 Å². The Hall–Kier alpha value is -1.55. The summed E-state index contributed by atoms with van der Waals surface area (Å²) >= 11 is 0. The SMILES string of the molecule is COC(=O)C1(C(C)C)OC12CCCc1ccc(OC)cc12. The van der Waals surface area contributed by atoms with E-state index in [1.807, 2.05) is 26.0 Å². The van der Waals surface area contributed by atoms with Gasteiger partial charge in [-0.15, -0.1) is 0 Å². The largest absolute Gasteiger partial charge is 0.497 e. The average Bonchev–Trinajstić information content (AvgIpc) is 3.17. The zero-order valence-corrected chi connectivity index (χ0v) is 13.1. The molecular weight excluding hydrogens is 268 g/mol. The molecule has 4 nitrogen and oxygen atoms in total. The predicted molar refractivity (Wildman–Crippen MR) is 78.3 cm³/mol. The summed E-state index contributed by atoms with van der Waals surface area (Å²) in [7, 11) is 3.08. The highest BCUT2D eigenvalue weighted by atomic mass is 16.7. The van der Waals surface area contributed by atoms with Gasteiger partial charge in [-0.1, -0.05) is 19.9 Å². The second-order valence-corrected chi connectivity index (χ2v) is 6.19. The van der Waals surface area contributed by atoms with Crippen molar-refractivity contribution in [3.8, 4) is 5.75 Å². The van der Waals surface area contributed by atoms with Crippen molar-refractivity contribution in [2.75, 3.05) is 14.2 Å². The number of hydrogen-bond donors (Lipinski definition) is 0. The number of epoxide rings is 1. The summed E-state index contributed by atoms with van der Waals surface area (Å²) in [5, 5.41) is 0. The van der Waals surface area contributed by atoms with Gasteiger partial charge >= 0.3 is 5.97 Å². The van der Waals surface area contributed by atoms with E-state index in [9.17, 15) is 4.79 Å². The molecule has 1 heterocycles. The molecule has 0 radical (unpaired) electrons. The number of rotatable bonds is 3. The van der Waals surface area contributed by atoms with Gasteiger partial charge in [0.05, 0.1) is 14.2 Å². The van der Waals surface area contributed by atoms with Crippen molar-refractivity contribution in [2.24, 2.45) is 5.92 Å². The van der Waals surface area contributed by atoms with Crippen LogP contribution in [0.15, 0.2) is 18.2 Å². The van der Waals surface area contributed by atoms with Crippen molar-refractivity contribution >= 4 is 5.97 Å². The summed E-state index contributed by atoms with van der Waals surface area (Å²) in [5.41, 5.74) is 0.931. The standard InChI is InChI=1S/C17H22O4/c1-11(2)17(15(18)20-4)16(21-17)9-5-6-12-7-8-13(19-3)10-14(12)16/h7-8,10-11H,5-6,9H2,1-4H3. The van der Waals surface area contributed by atoms with Gasteiger partial charge in [-0.3, -0.25) is 0 Å². The fourth-order valence-electron chi connectivity index (χ4n) is 3.86. The number of hydrogen-bond acceptors (Lipinski definition) is 4. The lowest BCUT2D eigenvalue weighted by molar-refractivity contribution is -0.148. The second-order valence-electron chi connectivity index (χ2n) is 6.19. The van der Waals surface area contributed by atoms with Crippen molar-refractivity contribution in [2.45, 2.75) is 44.3 Å². The molecule has 1 fully saturated rings. The van der Waals surface area contributed by atoms with Gasteiger partial charge in [0.15, 0.2) is 0 Å². The normalized spacial score (nSPS) is 30.1. The van der Waals surface area contributed by atoms with Gasteiger partial charge in [0.25, 0.3) is 0 Å². The molecule has 1 aromatic carbocycles. The minimum atomic E-state index is -0.858. The van der Waals surface area contributed by atoms with Gasteiger partial charge in [-0.2, -0.15) is 0 Å². The lowest BCUT2D eigenvalue weighted by Crippen LogP contribution is -2.40. The lowest BCUT2D eigenvalue weighted by atomic mass is 9.72. The number of ether oxygens (including phenoxy) is 3. The maximum atomic E-state index is 12.4. The van der Waals surface area contributed by atoms with Crippen molar-refractivity contribution in [3.05, 3.63) is 29.3 Å². The van der Waals surface area contributed by atoms with E-state index in [1.165, 1.54) is 12.7 Å². The maximum Gasteiger partial charge on any atom is 0.341 e. The van der Waals surface area contributed by atoms with Gasteiger partial charge in [0.2, 0.25) is 5.60 Å². The third-order valence-electron chi connectivity index (χ3n) is 4.92. The first-order valence-corrected chi connectivity index (χ1v) is 7.48. The Kier molecular flexibility index (Phi) is 3.24. The van der Waals surface area contributed by atoms with Crippen LogP contribution in [0.5, 0.6) is 5.75 Å². The molecule has 4 heteroatoms. The van der Waals surface area contributed by atoms with Crippen LogP contribution >= 0.6 is 0 Å². The Labute approximate surface area is 125 Å². The highest BCUT2D eigenvalue weighted by Gasteiger charge is 2.78.